The molecule has 0 radical (unpaired) electrons. The summed E-state index contributed by atoms with van der Waals surface area (Å²) in [6, 6.07) is 18.2. The van der Waals surface area contributed by atoms with Gasteiger partial charge in [-0.2, -0.15) is 0 Å². The molecule has 3 aromatic rings. The maximum absolute atomic E-state index is 13.9. The number of nitrogens with one attached hydrogen (secondary N) is 1. The van der Waals surface area contributed by atoms with Crippen LogP contribution in [0.2, 0.25) is 0 Å². The quantitative estimate of drug-likeness (QED) is 0.285. The first-order chi connectivity index (χ1) is 19.7. The average molecular weight is 560 g/mol. The van der Waals surface area contributed by atoms with Crippen LogP contribution in [0.4, 0.5) is 8.78 Å². The van der Waals surface area contributed by atoms with Crippen molar-refractivity contribution in [1.82, 2.24) is 15.1 Å². The fourth-order valence-electron chi connectivity index (χ4n) is 5.12. The van der Waals surface area contributed by atoms with Crippen molar-refractivity contribution in [3.8, 4) is 0 Å². The van der Waals surface area contributed by atoms with E-state index in [0.717, 1.165) is 62.2 Å². The van der Waals surface area contributed by atoms with Crippen molar-refractivity contribution in [3.63, 3.8) is 0 Å². The Morgan fingerprint density at radius 2 is 1.59 bits per heavy atom. The lowest BCUT2D eigenvalue weighted by Crippen LogP contribution is -2.47. The van der Waals surface area contributed by atoms with Crippen molar-refractivity contribution in [2.75, 3.05) is 19.6 Å². The van der Waals surface area contributed by atoms with E-state index in [1.54, 1.807) is 18.2 Å². The van der Waals surface area contributed by atoms with Crippen molar-refractivity contribution < 1.29 is 18.4 Å². The first kappa shape index (κ1) is 30.1. The Labute approximate surface area is 241 Å². The van der Waals surface area contributed by atoms with Crippen LogP contribution in [0.15, 0.2) is 73.3 Å². The van der Waals surface area contributed by atoms with E-state index < -0.39 is 17.5 Å². The number of amides is 2. The molecule has 1 saturated heterocycles. The molecule has 0 bridgehead atoms. The summed E-state index contributed by atoms with van der Waals surface area (Å²) in [6.07, 6.45) is 4.73. The predicted octanol–water partition coefficient (Wildman–Crippen LogP) is 6.69. The highest BCUT2D eigenvalue weighted by molar-refractivity contribution is 5.95. The van der Waals surface area contributed by atoms with Crippen molar-refractivity contribution in [3.05, 3.63) is 113 Å². The molecule has 3 aromatic carbocycles. The van der Waals surface area contributed by atoms with Gasteiger partial charge in [0, 0.05) is 48.9 Å². The maximum atomic E-state index is 13.9. The molecule has 1 heterocycles. The van der Waals surface area contributed by atoms with E-state index in [9.17, 15) is 18.4 Å². The zero-order chi connectivity index (χ0) is 29.4. The Hall–Kier alpha value is -3.84. The number of carbonyl (C=O) groups excluding carboxylic acids is 2. The molecule has 0 spiro atoms. The Morgan fingerprint density at radius 1 is 0.976 bits per heavy atom. The Bertz CT molecular complexity index is 1310. The first-order valence-electron chi connectivity index (χ1n) is 14.3. The third-order valence-corrected chi connectivity index (χ3v) is 7.73. The van der Waals surface area contributed by atoms with Gasteiger partial charge in [0.15, 0.2) is 0 Å². The topological polar surface area (TPSA) is 52.7 Å². The lowest BCUT2D eigenvalue weighted by Gasteiger charge is -2.39. The van der Waals surface area contributed by atoms with E-state index in [0.29, 0.717) is 23.6 Å². The van der Waals surface area contributed by atoms with Crippen LogP contribution in [0, 0.1) is 17.6 Å². The minimum Gasteiger partial charge on any atom is -0.348 e. The highest BCUT2D eigenvalue weighted by atomic mass is 19.1. The molecule has 216 valence electrons. The first-order valence-corrected chi connectivity index (χ1v) is 14.3. The van der Waals surface area contributed by atoms with E-state index in [1.807, 2.05) is 41.3 Å². The molecule has 2 amide bonds. The standard InChI is InChI=1S/C34H39F2N3O2/c1-4-25-8-14-28(15-9-25)34(41)39(29-17-20-38(21-18-29)19-16-24(2)3)23-26-10-12-27(13-11-26)33(40)37-22-30-31(35)6-5-7-32(30)36/h4-15,24,29H,1,16-23H2,2-3H3,(H,37,40). The normalized spacial score (nSPS) is 14.2. The van der Waals surface area contributed by atoms with Gasteiger partial charge in [0.05, 0.1) is 0 Å². The molecule has 5 nitrogen and oxygen atoms in total. The van der Waals surface area contributed by atoms with Crippen molar-refractivity contribution in [1.29, 1.82) is 0 Å². The van der Waals surface area contributed by atoms with Gasteiger partial charge < -0.3 is 15.1 Å². The van der Waals surface area contributed by atoms with Crippen molar-refractivity contribution in [2.45, 2.75) is 52.2 Å². The van der Waals surface area contributed by atoms with Gasteiger partial charge in [-0.1, -0.05) is 56.8 Å². The number of benzene rings is 3. The molecule has 7 heteroatoms. The summed E-state index contributed by atoms with van der Waals surface area (Å²) >= 11 is 0. The summed E-state index contributed by atoms with van der Waals surface area (Å²) in [4.78, 5) is 30.9. The van der Waals surface area contributed by atoms with Crippen molar-refractivity contribution >= 4 is 17.9 Å². The fourth-order valence-corrected chi connectivity index (χ4v) is 5.12. The molecule has 1 N–H and O–H groups in total. The van der Waals surface area contributed by atoms with Gasteiger partial charge in [-0.25, -0.2) is 8.78 Å². The highest BCUT2D eigenvalue weighted by Crippen LogP contribution is 2.23. The molecule has 1 fully saturated rings. The van der Waals surface area contributed by atoms with E-state index in [1.165, 1.54) is 6.07 Å². The molecular weight excluding hydrogens is 520 g/mol. The van der Waals surface area contributed by atoms with E-state index >= 15 is 0 Å². The van der Waals surface area contributed by atoms with E-state index in [-0.39, 0.29) is 24.1 Å². The molecule has 1 aliphatic heterocycles. The molecule has 1 aliphatic rings. The lowest BCUT2D eigenvalue weighted by molar-refractivity contribution is 0.0546. The smallest absolute Gasteiger partial charge is 0.254 e. The second-order valence-electron chi connectivity index (χ2n) is 11.1. The SMILES string of the molecule is C=Cc1ccc(C(=O)N(Cc2ccc(C(=O)NCc3c(F)cccc3F)cc2)C2CCN(CCC(C)C)CC2)cc1. The molecule has 4 rings (SSSR count). The summed E-state index contributed by atoms with van der Waals surface area (Å²) in [5.41, 5.74) is 2.69. The van der Waals surface area contributed by atoms with Gasteiger partial charge in [-0.05, 0) is 79.3 Å². The van der Waals surface area contributed by atoms with Gasteiger partial charge in [-0.3, -0.25) is 9.59 Å². The van der Waals surface area contributed by atoms with Crippen LogP contribution >= 0.6 is 0 Å². The molecular formula is C34H39F2N3O2. The molecule has 41 heavy (non-hydrogen) atoms. The molecule has 0 aromatic heterocycles. The third-order valence-electron chi connectivity index (χ3n) is 7.73. The van der Waals surface area contributed by atoms with E-state index in [2.05, 4.69) is 30.6 Å². The molecule has 0 unspecified atom stereocenters. The number of rotatable bonds is 11. The van der Waals surface area contributed by atoms with Crippen LogP contribution in [-0.2, 0) is 13.1 Å². The van der Waals surface area contributed by atoms with Crippen LogP contribution in [0.25, 0.3) is 6.08 Å². The number of carbonyl (C=O) groups is 2. The maximum Gasteiger partial charge on any atom is 0.254 e. The number of hydrogen-bond acceptors (Lipinski definition) is 3. The zero-order valence-electron chi connectivity index (χ0n) is 23.9. The molecule has 0 atom stereocenters. The number of nitrogens with zero attached hydrogens (tertiary/aromatic N) is 2. The second kappa shape index (κ2) is 14.2. The largest absolute Gasteiger partial charge is 0.348 e. The van der Waals surface area contributed by atoms with Gasteiger partial charge in [0.1, 0.15) is 11.6 Å². The summed E-state index contributed by atoms with van der Waals surface area (Å²) in [6.45, 7) is 11.4. The predicted molar refractivity (Wildman–Crippen MR) is 159 cm³/mol. The van der Waals surface area contributed by atoms with Crippen LogP contribution in [0.5, 0.6) is 0 Å². The van der Waals surface area contributed by atoms with Crippen molar-refractivity contribution in [2.24, 2.45) is 5.92 Å². The van der Waals surface area contributed by atoms with Crippen LogP contribution in [-0.4, -0.2) is 47.3 Å². The Kier molecular flexibility index (Phi) is 10.4. The van der Waals surface area contributed by atoms with Gasteiger partial charge in [-0.15, -0.1) is 0 Å². The summed E-state index contributed by atoms with van der Waals surface area (Å²) < 4.78 is 27.8. The van der Waals surface area contributed by atoms with E-state index in [4.69, 9.17) is 0 Å². The minimum atomic E-state index is -0.699. The molecule has 0 aliphatic carbocycles. The average Bonchev–Trinajstić information content (AvgIpc) is 2.99. The summed E-state index contributed by atoms with van der Waals surface area (Å²) in [7, 11) is 0. The second-order valence-corrected chi connectivity index (χ2v) is 11.1. The fraction of sp³-hybridized carbons (Fsp3) is 0.353. The highest BCUT2D eigenvalue weighted by Gasteiger charge is 2.29. The zero-order valence-corrected chi connectivity index (χ0v) is 23.9. The number of piperidine rings is 1. The Morgan fingerprint density at radius 3 is 2.17 bits per heavy atom. The van der Waals surface area contributed by atoms with Gasteiger partial charge in [0.25, 0.3) is 11.8 Å². The van der Waals surface area contributed by atoms with Crippen LogP contribution in [0.3, 0.4) is 0 Å². The lowest BCUT2D eigenvalue weighted by atomic mass is 9.99. The van der Waals surface area contributed by atoms with Crippen LogP contribution < -0.4 is 5.32 Å². The van der Waals surface area contributed by atoms with Crippen LogP contribution in [0.1, 0.15) is 70.5 Å². The number of hydrogen-bond donors (Lipinski definition) is 1. The minimum absolute atomic E-state index is 0.0185. The monoisotopic (exact) mass is 559 g/mol. The summed E-state index contributed by atoms with van der Waals surface area (Å²) in [5.74, 6) is -1.18. The number of likely N-dealkylation sites (tertiary alicyclic amines) is 1. The van der Waals surface area contributed by atoms with Gasteiger partial charge in [0.2, 0.25) is 0 Å². The van der Waals surface area contributed by atoms with Gasteiger partial charge >= 0.3 is 0 Å². The molecule has 0 saturated carbocycles. The Balaban J connectivity index is 1.45. The third kappa shape index (κ3) is 8.10. The number of halogens is 2. The summed E-state index contributed by atoms with van der Waals surface area (Å²) in [5, 5.41) is 2.58.